The molecule has 0 unspecified atom stereocenters. The minimum atomic E-state index is 1.12. The highest BCUT2D eigenvalue weighted by molar-refractivity contribution is 9.11. The Kier molecular flexibility index (Phi) is 4.92. The fourth-order valence-electron chi connectivity index (χ4n) is 6.30. The largest absolute Gasteiger partial charge is 0.0616 e. The molecule has 0 N–H and O–H groups in total. The van der Waals surface area contributed by atoms with Crippen LogP contribution >= 0.6 is 31.9 Å². The first-order valence-electron chi connectivity index (χ1n) is 12.7. The zero-order chi connectivity index (χ0) is 25.4. The van der Waals surface area contributed by atoms with Gasteiger partial charge in [-0.2, -0.15) is 0 Å². The summed E-state index contributed by atoms with van der Waals surface area (Å²) in [7, 11) is 0. The second-order valence-corrected chi connectivity index (χ2v) is 11.6. The monoisotopic (exact) mass is 610 g/mol. The lowest BCUT2D eigenvalue weighted by Crippen LogP contribution is -1.94. The number of benzene rings is 8. The van der Waals surface area contributed by atoms with E-state index in [9.17, 15) is 0 Å². The van der Waals surface area contributed by atoms with E-state index in [0.29, 0.717) is 0 Å². The number of hydrogen-bond donors (Lipinski definition) is 0. The molecule has 0 heterocycles. The van der Waals surface area contributed by atoms with Gasteiger partial charge in [0.1, 0.15) is 0 Å². The van der Waals surface area contributed by atoms with Gasteiger partial charge in [-0.05, 0) is 94.3 Å². The summed E-state index contributed by atoms with van der Waals surface area (Å²) in [4.78, 5) is 0. The molecule has 0 saturated carbocycles. The van der Waals surface area contributed by atoms with Crippen LogP contribution in [0.1, 0.15) is 0 Å². The molecule has 0 atom stereocenters. The van der Waals surface area contributed by atoms with Crippen molar-refractivity contribution in [1.82, 2.24) is 0 Å². The van der Waals surface area contributed by atoms with Crippen LogP contribution in [0.5, 0.6) is 0 Å². The lowest BCUT2D eigenvalue weighted by molar-refractivity contribution is 1.66. The van der Waals surface area contributed by atoms with Crippen LogP contribution in [0, 0.1) is 0 Å². The van der Waals surface area contributed by atoms with Crippen LogP contribution in [0.3, 0.4) is 0 Å². The van der Waals surface area contributed by atoms with E-state index >= 15 is 0 Å². The molecule has 2 heteroatoms. The summed E-state index contributed by atoms with van der Waals surface area (Å²) in [5, 5.41) is 12.7. The van der Waals surface area contributed by atoms with Crippen molar-refractivity contribution >= 4 is 85.7 Å². The fourth-order valence-corrected chi connectivity index (χ4v) is 7.34. The minimum Gasteiger partial charge on any atom is -0.0616 e. The number of hydrogen-bond acceptors (Lipinski definition) is 0. The maximum absolute atomic E-state index is 3.90. The van der Waals surface area contributed by atoms with Gasteiger partial charge in [0.25, 0.3) is 0 Å². The van der Waals surface area contributed by atoms with Crippen molar-refractivity contribution in [2.24, 2.45) is 0 Å². The van der Waals surface area contributed by atoms with Crippen molar-refractivity contribution in [3.8, 4) is 22.3 Å². The Labute approximate surface area is 237 Å². The Hall–Kier alpha value is -3.72. The standard InChI is InChI=1S/C36H20Br2/c37-32-18-17-29-33(38)20-23-19-31(26-13-5-9-21-7-1-3-11-24(21)26)35(30-16-15-28(32)36(29)34(23)30)27-14-6-10-22-8-2-4-12-25(22)27/h1-20H. The van der Waals surface area contributed by atoms with Gasteiger partial charge in [0.05, 0.1) is 0 Å². The van der Waals surface area contributed by atoms with E-state index in [0.717, 1.165) is 8.95 Å². The van der Waals surface area contributed by atoms with Crippen LogP contribution in [0.15, 0.2) is 130 Å². The van der Waals surface area contributed by atoms with Gasteiger partial charge in [-0.3, -0.25) is 0 Å². The van der Waals surface area contributed by atoms with E-state index in [1.54, 1.807) is 0 Å². The normalized spacial score (nSPS) is 11.9. The summed E-state index contributed by atoms with van der Waals surface area (Å²) in [5.74, 6) is 0. The molecule has 0 spiro atoms. The van der Waals surface area contributed by atoms with Gasteiger partial charge in [0.2, 0.25) is 0 Å². The van der Waals surface area contributed by atoms with Gasteiger partial charge >= 0.3 is 0 Å². The van der Waals surface area contributed by atoms with Crippen LogP contribution in [-0.4, -0.2) is 0 Å². The molecule has 0 nitrogen and oxygen atoms in total. The second kappa shape index (κ2) is 8.39. The molecule has 0 bridgehead atoms. The third-order valence-corrected chi connectivity index (χ3v) is 9.28. The van der Waals surface area contributed by atoms with E-state index in [-0.39, 0.29) is 0 Å². The maximum atomic E-state index is 3.90. The molecule has 38 heavy (non-hydrogen) atoms. The first kappa shape index (κ1) is 22.3. The highest BCUT2D eigenvalue weighted by Crippen LogP contribution is 2.49. The molecule has 0 aromatic heterocycles. The zero-order valence-electron chi connectivity index (χ0n) is 20.3. The summed E-state index contributed by atoms with van der Waals surface area (Å²) in [6.45, 7) is 0. The minimum absolute atomic E-state index is 1.12. The Morgan fingerprint density at radius 1 is 0.342 bits per heavy atom. The fraction of sp³-hybridized carbons (Fsp3) is 0. The molecular weight excluding hydrogens is 592 g/mol. The third-order valence-electron chi connectivity index (χ3n) is 7.93. The highest BCUT2D eigenvalue weighted by Gasteiger charge is 2.21. The third kappa shape index (κ3) is 3.14. The van der Waals surface area contributed by atoms with Crippen LogP contribution in [0.4, 0.5) is 0 Å². The molecule has 0 aliphatic carbocycles. The van der Waals surface area contributed by atoms with Gasteiger partial charge < -0.3 is 0 Å². The Morgan fingerprint density at radius 2 is 0.921 bits per heavy atom. The lowest BCUT2D eigenvalue weighted by atomic mass is 9.83. The molecule has 8 aromatic rings. The van der Waals surface area contributed by atoms with E-state index in [4.69, 9.17) is 0 Å². The molecule has 0 aliphatic heterocycles. The van der Waals surface area contributed by atoms with Crippen molar-refractivity contribution in [1.29, 1.82) is 0 Å². The van der Waals surface area contributed by atoms with Crippen LogP contribution in [-0.2, 0) is 0 Å². The lowest BCUT2D eigenvalue weighted by Gasteiger charge is -2.21. The van der Waals surface area contributed by atoms with Gasteiger partial charge in [0, 0.05) is 8.95 Å². The first-order valence-corrected chi connectivity index (χ1v) is 14.3. The van der Waals surface area contributed by atoms with Gasteiger partial charge in [-0.25, -0.2) is 0 Å². The predicted molar refractivity (Wildman–Crippen MR) is 171 cm³/mol. The first-order chi connectivity index (χ1) is 18.7. The van der Waals surface area contributed by atoms with E-state index < -0.39 is 0 Å². The molecule has 0 amide bonds. The van der Waals surface area contributed by atoms with Crippen LogP contribution < -0.4 is 0 Å². The summed E-state index contributed by atoms with van der Waals surface area (Å²) in [6, 6.07) is 44.5. The zero-order valence-corrected chi connectivity index (χ0v) is 23.5. The van der Waals surface area contributed by atoms with Gasteiger partial charge in [-0.15, -0.1) is 0 Å². The Bertz CT molecular complexity index is 2190. The predicted octanol–water partition coefficient (Wildman–Crippen LogP) is 11.7. The number of halogens is 2. The molecule has 8 aromatic carbocycles. The average molecular weight is 612 g/mol. The topological polar surface area (TPSA) is 0 Å². The number of fused-ring (bicyclic) bond motifs is 2. The van der Waals surface area contributed by atoms with Crippen LogP contribution in [0.25, 0.3) is 76.1 Å². The molecular formula is C36H20Br2. The quantitative estimate of drug-likeness (QED) is 0.171. The Balaban J connectivity index is 1.64. The van der Waals surface area contributed by atoms with Crippen LogP contribution in [0.2, 0.25) is 0 Å². The number of rotatable bonds is 2. The summed E-state index contributed by atoms with van der Waals surface area (Å²) in [6.07, 6.45) is 0. The van der Waals surface area contributed by atoms with Gasteiger partial charge in [-0.1, -0.05) is 135 Å². The van der Waals surface area contributed by atoms with E-state index in [2.05, 4.69) is 153 Å². The van der Waals surface area contributed by atoms with Gasteiger partial charge in [0.15, 0.2) is 0 Å². The average Bonchev–Trinajstić information content (AvgIpc) is 2.96. The van der Waals surface area contributed by atoms with E-state index in [1.807, 2.05) is 0 Å². The van der Waals surface area contributed by atoms with E-state index in [1.165, 1.54) is 76.1 Å². The molecule has 0 radical (unpaired) electrons. The van der Waals surface area contributed by atoms with Crippen molar-refractivity contribution in [2.45, 2.75) is 0 Å². The molecule has 0 saturated heterocycles. The molecule has 8 rings (SSSR count). The van der Waals surface area contributed by atoms with Crippen molar-refractivity contribution in [2.75, 3.05) is 0 Å². The molecule has 178 valence electrons. The van der Waals surface area contributed by atoms with Crippen molar-refractivity contribution in [3.05, 3.63) is 130 Å². The SMILES string of the molecule is Brc1ccc2c(Br)cc3cc(-c4cccc5ccccc45)c(-c4cccc5ccccc45)c4ccc1c2c34. The summed E-state index contributed by atoms with van der Waals surface area (Å²) >= 11 is 7.73. The molecule has 0 fully saturated rings. The molecule has 0 aliphatic rings. The highest BCUT2D eigenvalue weighted by atomic mass is 79.9. The second-order valence-electron chi connectivity index (χ2n) is 9.94. The summed E-state index contributed by atoms with van der Waals surface area (Å²) in [5.41, 5.74) is 5.07. The maximum Gasteiger partial charge on any atom is 0.0260 e. The Morgan fingerprint density at radius 3 is 1.68 bits per heavy atom. The smallest absolute Gasteiger partial charge is 0.0260 e. The van der Waals surface area contributed by atoms with Crippen molar-refractivity contribution in [3.63, 3.8) is 0 Å². The summed E-state index contributed by atoms with van der Waals surface area (Å²) < 4.78 is 2.24. The van der Waals surface area contributed by atoms with Crippen molar-refractivity contribution < 1.29 is 0 Å².